The largest absolute Gasteiger partial charge is 0.416 e. The monoisotopic (exact) mass is 292 g/mol. The van der Waals surface area contributed by atoms with Crippen molar-refractivity contribution in [3.63, 3.8) is 0 Å². The van der Waals surface area contributed by atoms with Gasteiger partial charge in [-0.3, -0.25) is 0 Å². The summed E-state index contributed by atoms with van der Waals surface area (Å²) in [5, 5.41) is 0. The lowest BCUT2D eigenvalue weighted by molar-refractivity contribution is -0.137. The van der Waals surface area contributed by atoms with Crippen molar-refractivity contribution in [1.82, 2.24) is 0 Å². The van der Waals surface area contributed by atoms with Crippen LogP contribution in [-0.4, -0.2) is 12.6 Å². The lowest BCUT2D eigenvalue weighted by atomic mass is 9.97. The van der Waals surface area contributed by atoms with Crippen molar-refractivity contribution in [2.75, 3.05) is 11.4 Å². The summed E-state index contributed by atoms with van der Waals surface area (Å²) in [6.07, 6.45) is -3.53. The molecule has 0 saturated heterocycles. The van der Waals surface area contributed by atoms with Gasteiger partial charge in [0.25, 0.3) is 0 Å². The molecule has 1 aliphatic rings. The van der Waals surface area contributed by atoms with Crippen molar-refractivity contribution in [2.24, 2.45) is 5.73 Å². The molecule has 2 aromatic carbocycles. The highest BCUT2D eigenvalue weighted by Crippen LogP contribution is 2.35. The van der Waals surface area contributed by atoms with Gasteiger partial charge in [0.2, 0.25) is 0 Å². The van der Waals surface area contributed by atoms with Gasteiger partial charge in [-0.2, -0.15) is 13.2 Å². The van der Waals surface area contributed by atoms with E-state index in [1.807, 2.05) is 29.2 Å². The van der Waals surface area contributed by atoms with Gasteiger partial charge in [0.15, 0.2) is 0 Å². The van der Waals surface area contributed by atoms with Crippen molar-refractivity contribution in [2.45, 2.75) is 18.6 Å². The Balaban J connectivity index is 1.97. The number of anilines is 2. The van der Waals surface area contributed by atoms with Gasteiger partial charge in [0, 0.05) is 24.0 Å². The predicted molar refractivity (Wildman–Crippen MR) is 76.6 cm³/mol. The zero-order valence-electron chi connectivity index (χ0n) is 11.3. The van der Waals surface area contributed by atoms with E-state index in [0.29, 0.717) is 6.54 Å². The van der Waals surface area contributed by atoms with Crippen LogP contribution in [0.3, 0.4) is 0 Å². The number of fused-ring (bicyclic) bond motifs is 1. The molecule has 2 nitrogen and oxygen atoms in total. The van der Waals surface area contributed by atoms with E-state index in [-0.39, 0.29) is 6.04 Å². The highest BCUT2D eigenvalue weighted by Gasteiger charge is 2.30. The average molecular weight is 292 g/mol. The summed E-state index contributed by atoms with van der Waals surface area (Å²) in [6.45, 7) is 0.600. The minimum absolute atomic E-state index is 0.0257. The van der Waals surface area contributed by atoms with Gasteiger partial charge in [-0.05, 0) is 42.3 Å². The molecule has 0 saturated carbocycles. The lowest BCUT2D eigenvalue weighted by Gasteiger charge is -2.34. The standard InChI is InChI=1S/C16H15F3N2/c17-16(18,19)12-5-7-14(8-6-12)21-10-13(20)9-11-3-1-2-4-15(11)21/h1-8,13H,9-10,20H2. The molecule has 0 fully saturated rings. The maximum atomic E-state index is 12.6. The molecular weight excluding hydrogens is 277 g/mol. The van der Waals surface area contributed by atoms with Crippen LogP contribution in [0.15, 0.2) is 48.5 Å². The number of para-hydroxylation sites is 1. The zero-order valence-corrected chi connectivity index (χ0v) is 11.3. The van der Waals surface area contributed by atoms with E-state index < -0.39 is 11.7 Å². The Hall–Kier alpha value is -2.01. The van der Waals surface area contributed by atoms with Gasteiger partial charge in [-0.1, -0.05) is 18.2 Å². The van der Waals surface area contributed by atoms with Crippen molar-refractivity contribution in [3.05, 3.63) is 59.7 Å². The number of benzene rings is 2. The van der Waals surface area contributed by atoms with Crippen LogP contribution in [0.4, 0.5) is 24.5 Å². The lowest BCUT2D eigenvalue weighted by Crippen LogP contribution is -2.40. The molecule has 0 bridgehead atoms. The quantitative estimate of drug-likeness (QED) is 0.868. The molecule has 1 heterocycles. The summed E-state index contributed by atoms with van der Waals surface area (Å²) in [5.41, 5.74) is 8.28. The SMILES string of the molecule is NC1Cc2ccccc2N(c2ccc(C(F)(F)F)cc2)C1. The first kappa shape index (κ1) is 13.9. The molecule has 2 aromatic rings. The summed E-state index contributed by atoms with van der Waals surface area (Å²) in [5.74, 6) is 0. The Bertz CT molecular complexity index is 635. The Morgan fingerprint density at radius 1 is 1.00 bits per heavy atom. The maximum Gasteiger partial charge on any atom is 0.416 e. The molecule has 0 radical (unpaired) electrons. The predicted octanol–water partition coefficient (Wildman–Crippen LogP) is 3.73. The second-order valence-corrected chi connectivity index (χ2v) is 5.25. The molecule has 0 aliphatic carbocycles. The van der Waals surface area contributed by atoms with E-state index in [1.165, 1.54) is 12.1 Å². The van der Waals surface area contributed by atoms with Crippen LogP contribution in [0.25, 0.3) is 0 Å². The molecule has 5 heteroatoms. The smallest absolute Gasteiger partial charge is 0.340 e. The molecule has 21 heavy (non-hydrogen) atoms. The molecule has 0 aromatic heterocycles. The molecule has 1 unspecified atom stereocenters. The number of alkyl halides is 3. The number of hydrogen-bond donors (Lipinski definition) is 1. The molecule has 3 rings (SSSR count). The Kier molecular flexibility index (Phi) is 3.37. The first-order valence-electron chi connectivity index (χ1n) is 6.73. The second-order valence-electron chi connectivity index (χ2n) is 5.25. The van der Waals surface area contributed by atoms with Crippen LogP contribution < -0.4 is 10.6 Å². The van der Waals surface area contributed by atoms with Crippen LogP contribution >= 0.6 is 0 Å². The van der Waals surface area contributed by atoms with Crippen LogP contribution in [0, 0.1) is 0 Å². The summed E-state index contributed by atoms with van der Waals surface area (Å²) in [4.78, 5) is 1.98. The van der Waals surface area contributed by atoms with Crippen LogP contribution in [0.2, 0.25) is 0 Å². The summed E-state index contributed by atoms with van der Waals surface area (Å²) < 4.78 is 37.9. The van der Waals surface area contributed by atoms with Gasteiger partial charge in [-0.25, -0.2) is 0 Å². The van der Waals surface area contributed by atoms with Crippen molar-refractivity contribution in [3.8, 4) is 0 Å². The Morgan fingerprint density at radius 2 is 1.67 bits per heavy atom. The highest BCUT2D eigenvalue weighted by atomic mass is 19.4. The molecule has 2 N–H and O–H groups in total. The summed E-state index contributed by atoms with van der Waals surface area (Å²) in [7, 11) is 0. The van der Waals surface area contributed by atoms with E-state index in [1.54, 1.807) is 0 Å². The minimum atomic E-state index is -4.31. The van der Waals surface area contributed by atoms with Gasteiger partial charge in [0.05, 0.1) is 5.56 Å². The molecular formula is C16H15F3N2. The number of hydrogen-bond acceptors (Lipinski definition) is 2. The molecule has 0 amide bonds. The number of halogens is 3. The van der Waals surface area contributed by atoms with Gasteiger partial charge in [-0.15, -0.1) is 0 Å². The van der Waals surface area contributed by atoms with Gasteiger partial charge in [0.1, 0.15) is 0 Å². The molecule has 0 spiro atoms. The van der Waals surface area contributed by atoms with Crippen LogP contribution in [-0.2, 0) is 12.6 Å². The Labute approximate surface area is 121 Å². The second kappa shape index (κ2) is 5.07. The molecule has 110 valence electrons. The van der Waals surface area contributed by atoms with Crippen molar-refractivity contribution >= 4 is 11.4 Å². The average Bonchev–Trinajstić information content (AvgIpc) is 2.45. The fourth-order valence-electron chi connectivity index (χ4n) is 2.70. The topological polar surface area (TPSA) is 29.3 Å². The number of nitrogens with zero attached hydrogens (tertiary/aromatic N) is 1. The Morgan fingerprint density at radius 3 is 2.33 bits per heavy atom. The first-order valence-corrected chi connectivity index (χ1v) is 6.73. The zero-order chi connectivity index (χ0) is 15.0. The summed E-state index contributed by atoms with van der Waals surface area (Å²) in [6, 6.07) is 13.0. The first-order chi connectivity index (χ1) is 9.95. The van der Waals surface area contributed by atoms with Gasteiger partial charge >= 0.3 is 6.18 Å². The number of rotatable bonds is 1. The van der Waals surface area contributed by atoms with Gasteiger partial charge < -0.3 is 10.6 Å². The normalized spacial score (nSPS) is 18.5. The van der Waals surface area contributed by atoms with Crippen molar-refractivity contribution < 1.29 is 13.2 Å². The summed E-state index contributed by atoms with van der Waals surface area (Å²) >= 11 is 0. The third-order valence-corrected chi connectivity index (χ3v) is 3.69. The van der Waals surface area contributed by atoms with Crippen molar-refractivity contribution in [1.29, 1.82) is 0 Å². The fraction of sp³-hybridized carbons (Fsp3) is 0.250. The third kappa shape index (κ3) is 2.74. The molecule has 1 atom stereocenters. The maximum absolute atomic E-state index is 12.6. The minimum Gasteiger partial charge on any atom is -0.340 e. The van der Waals surface area contributed by atoms with E-state index in [4.69, 9.17) is 5.73 Å². The van der Waals surface area contributed by atoms with E-state index >= 15 is 0 Å². The highest BCUT2D eigenvalue weighted by molar-refractivity contribution is 5.68. The number of nitrogens with two attached hydrogens (primary N) is 1. The van der Waals surface area contributed by atoms with E-state index in [9.17, 15) is 13.2 Å². The van der Waals surface area contributed by atoms with Crippen LogP contribution in [0.5, 0.6) is 0 Å². The van der Waals surface area contributed by atoms with E-state index in [0.717, 1.165) is 35.5 Å². The fourth-order valence-corrected chi connectivity index (χ4v) is 2.70. The van der Waals surface area contributed by atoms with Crippen LogP contribution in [0.1, 0.15) is 11.1 Å². The third-order valence-electron chi connectivity index (χ3n) is 3.69. The van der Waals surface area contributed by atoms with E-state index in [2.05, 4.69) is 0 Å². The molecule has 1 aliphatic heterocycles.